The molecule has 0 radical (unpaired) electrons. The molecule has 7 heteroatoms. The molecule has 0 N–H and O–H groups in total. The van der Waals surface area contributed by atoms with Gasteiger partial charge in [0.05, 0.1) is 6.61 Å². The van der Waals surface area contributed by atoms with Gasteiger partial charge in [-0.3, -0.25) is 19.2 Å². The fourth-order valence-electron chi connectivity index (χ4n) is 3.10. The van der Waals surface area contributed by atoms with Crippen LogP contribution in [0.4, 0.5) is 0 Å². The van der Waals surface area contributed by atoms with Crippen LogP contribution in [0.15, 0.2) is 0 Å². The number of hydrogen-bond acceptors (Lipinski definition) is 7. The molecule has 0 saturated carbocycles. The molecule has 0 aliphatic rings. The van der Waals surface area contributed by atoms with Crippen LogP contribution >= 0.6 is 0 Å². The summed E-state index contributed by atoms with van der Waals surface area (Å²) in [5.41, 5.74) is 0. The first-order valence-electron chi connectivity index (χ1n) is 12.5. The highest BCUT2D eigenvalue weighted by atomic mass is 16.6. The van der Waals surface area contributed by atoms with Crippen molar-refractivity contribution < 1.29 is 33.4 Å². The smallest absolute Gasteiger partial charge is 0.305 e. The summed E-state index contributed by atoms with van der Waals surface area (Å²) in [6.07, 6.45) is 11.9. The van der Waals surface area contributed by atoms with Crippen LogP contribution in [-0.2, 0) is 33.4 Å². The minimum atomic E-state index is -0.325. The Bertz CT molecular complexity index is 516. The zero-order valence-corrected chi connectivity index (χ0v) is 20.3. The Kier molecular flexibility index (Phi) is 20.9. The summed E-state index contributed by atoms with van der Waals surface area (Å²) < 4.78 is 15.1. The number of ether oxygens (including phenoxy) is 3. The third-order valence-electron chi connectivity index (χ3n) is 4.98. The van der Waals surface area contributed by atoms with Gasteiger partial charge in [0.15, 0.2) is 0 Å². The quantitative estimate of drug-likeness (QED) is 0.121. The summed E-state index contributed by atoms with van der Waals surface area (Å²) in [6.45, 7) is 4.74. The minimum absolute atomic E-state index is 0.0782. The van der Waals surface area contributed by atoms with E-state index in [0.29, 0.717) is 45.1 Å². The topological polar surface area (TPSA) is 96.0 Å². The van der Waals surface area contributed by atoms with Crippen molar-refractivity contribution in [1.29, 1.82) is 0 Å². The van der Waals surface area contributed by atoms with Gasteiger partial charge >= 0.3 is 17.9 Å². The zero-order valence-electron chi connectivity index (χ0n) is 20.3. The van der Waals surface area contributed by atoms with Gasteiger partial charge in [-0.1, -0.05) is 46.0 Å². The number of carbonyl (C=O) groups excluding carboxylic acids is 4. The van der Waals surface area contributed by atoms with Gasteiger partial charge in [0, 0.05) is 32.1 Å². The maximum atomic E-state index is 11.9. The van der Waals surface area contributed by atoms with Crippen molar-refractivity contribution in [2.75, 3.05) is 19.8 Å². The van der Waals surface area contributed by atoms with Crippen molar-refractivity contribution in [1.82, 2.24) is 0 Å². The standard InChI is InChI=1S/C25H44O7/c1-3-5-6-10-16-24(28)31-20-21-32-25(29)18-13-12-15-22(26)14-9-7-8-11-17-23(27)30-19-4-2/h3-21H2,1-2H3. The number of carbonyl (C=O) groups is 4. The van der Waals surface area contributed by atoms with Crippen LogP contribution in [0.5, 0.6) is 0 Å². The van der Waals surface area contributed by atoms with Crippen molar-refractivity contribution in [3.05, 3.63) is 0 Å². The van der Waals surface area contributed by atoms with Crippen molar-refractivity contribution in [3.63, 3.8) is 0 Å². The molecule has 0 rings (SSSR count). The van der Waals surface area contributed by atoms with E-state index in [1.165, 1.54) is 0 Å². The second-order valence-corrected chi connectivity index (χ2v) is 8.13. The number of Topliss-reactive ketones (excluding diaryl/α,β-unsaturated/α-hetero) is 1. The van der Waals surface area contributed by atoms with E-state index in [1.807, 2.05) is 6.92 Å². The molecule has 0 aromatic heterocycles. The third-order valence-corrected chi connectivity index (χ3v) is 4.98. The number of hydrogen-bond donors (Lipinski definition) is 0. The highest BCUT2D eigenvalue weighted by Gasteiger charge is 2.07. The molecule has 0 aliphatic heterocycles. The van der Waals surface area contributed by atoms with E-state index < -0.39 is 0 Å². The molecule has 0 saturated heterocycles. The normalized spacial score (nSPS) is 10.6. The molecule has 186 valence electrons. The second-order valence-electron chi connectivity index (χ2n) is 8.13. The van der Waals surface area contributed by atoms with Crippen LogP contribution < -0.4 is 0 Å². The van der Waals surface area contributed by atoms with Crippen LogP contribution in [0.2, 0.25) is 0 Å². The summed E-state index contributed by atoms with van der Waals surface area (Å²) >= 11 is 0. The Morgan fingerprint density at radius 3 is 1.28 bits per heavy atom. The fourth-order valence-corrected chi connectivity index (χ4v) is 3.10. The van der Waals surface area contributed by atoms with E-state index in [1.54, 1.807) is 0 Å². The maximum Gasteiger partial charge on any atom is 0.305 e. The average Bonchev–Trinajstić information content (AvgIpc) is 2.78. The molecule has 0 spiro atoms. The van der Waals surface area contributed by atoms with Crippen molar-refractivity contribution >= 4 is 23.7 Å². The Hall–Kier alpha value is -1.92. The summed E-state index contributed by atoms with van der Waals surface area (Å²) in [6, 6.07) is 0. The molecule has 0 bridgehead atoms. The third kappa shape index (κ3) is 21.3. The van der Waals surface area contributed by atoms with Gasteiger partial charge < -0.3 is 14.2 Å². The van der Waals surface area contributed by atoms with Gasteiger partial charge in [0.2, 0.25) is 0 Å². The van der Waals surface area contributed by atoms with E-state index in [-0.39, 0.29) is 43.3 Å². The van der Waals surface area contributed by atoms with E-state index in [0.717, 1.165) is 57.8 Å². The molecule has 0 aromatic carbocycles. The molecule has 32 heavy (non-hydrogen) atoms. The summed E-state index contributed by atoms with van der Waals surface area (Å²) in [5.74, 6) is -0.495. The maximum absolute atomic E-state index is 11.9. The van der Waals surface area contributed by atoms with E-state index in [2.05, 4.69) is 6.92 Å². The molecule has 7 nitrogen and oxygen atoms in total. The lowest BCUT2D eigenvalue weighted by Crippen LogP contribution is -2.13. The summed E-state index contributed by atoms with van der Waals surface area (Å²) in [7, 11) is 0. The molecular weight excluding hydrogens is 412 g/mol. The molecule has 0 unspecified atom stereocenters. The first kappa shape index (κ1) is 30.1. The van der Waals surface area contributed by atoms with Crippen LogP contribution in [0.1, 0.15) is 117 Å². The molecule has 0 amide bonds. The molecule has 0 fully saturated rings. The minimum Gasteiger partial charge on any atom is -0.466 e. The Morgan fingerprint density at radius 2 is 0.812 bits per heavy atom. The molecule has 0 heterocycles. The lowest BCUT2D eigenvalue weighted by Gasteiger charge is -2.06. The van der Waals surface area contributed by atoms with Crippen LogP contribution in [0.3, 0.4) is 0 Å². The lowest BCUT2D eigenvalue weighted by atomic mass is 10.0. The molecule has 0 aromatic rings. The fraction of sp³-hybridized carbons (Fsp3) is 0.840. The van der Waals surface area contributed by atoms with Crippen LogP contribution in [0.25, 0.3) is 0 Å². The Labute approximate surface area is 193 Å². The summed E-state index contributed by atoms with van der Waals surface area (Å²) in [5, 5.41) is 0. The predicted octanol–water partition coefficient (Wildman–Crippen LogP) is 5.47. The molecule has 0 atom stereocenters. The Balaban J connectivity index is 3.47. The highest BCUT2D eigenvalue weighted by molar-refractivity contribution is 5.78. The summed E-state index contributed by atoms with van der Waals surface area (Å²) in [4.78, 5) is 46.4. The van der Waals surface area contributed by atoms with Crippen molar-refractivity contribution in [2.24, 2.45) is 0 Å². The molecule has 0 aliphatic carbocycles. The first-order chi connectivity index (χ1) is 15.5. The number of unbranched alkanes of at least 4 members (excludes halogenated alkanes) is 7. The predicted molar refractivity (Wildman–Crippen MR) is 123 cm³/mol. The number of ketones is 1. The van der Waals surface area contributed by atoms with Crippen molar-refractivity contribution in [2.45, 2.75) is 117 Å². The van der Waals surface area contributed by atoms with Crippen LogP contribution in [0, 0.1) is 0 Å². The average molecular weight is 457 g/mol. The zero-order chi connectivity index (χ0) is 23.9. The largest absolute Gasteiger partial charge is 0.466 e. The first-order valence-corrected chi connectivity index (χ1v) is 12.5. The lowest BCUT2D eigenvalue weighted by molar-refractivity contribution is -0.152. The van der Waals surface area contributed by atoms with Crippen molar-refractivity contribution in [3.8, 4) is 0 Å². The van der Waals surface area contributed by atoms with Gasteiger partial charge in [0.25, 0.3) is 0 Å². The second kappa shape index (κ2) is 22.3. The van der Waals surface area contributed by atoms with Gasteiger partial charge in [0.1, 0.15) is 19.0 Å². The van der Waals surface area contributed by atoms with E-state index in [4.69, 9.17) is 14.2 Å². The Morgan fingerprint density at radius 1 is 0.438 bits per heavy atom. The van der Waals surface area contributed by atoms with Gasteiger partial charge in [-0.05, 0) is 38.5 Å². The van der Waals surface area contributed by atoms with Crippen LogP contribution in [-0.4, -0.2) is 43.5 Å². The molecular formula is C25H44O7. The van der Waals surface area contributed by atoms with Gasteiger partial charge in [-0.25, -0.2) is 0 Å². The highest BCUT2D eigenvalue weighted by Crippen LogP contribution is 2.10. The monoisotopic (exact) mass is 456 g/mol. The van der Waals surface area contributed by atoms with E-state index in [9.17, 15) is 19.2 Å². The number of esters is 3. The number of rotatable bonds is 22. The van der Waals surface area contributed by atoms with Gasteiger partial charge in [-0.15, -0.1) is 0 Å². The SMILES string of the molecule is CCCCCCC(=O)OCCOC(=O)CCCCC(=O)CCCCCCC(=O)OCCC. The van der Waals surface area contributed by atoms with E-state index >= 15 is 0 Å². The van der Waals surface area contributed by atoms with Gasteiger partial charge in [-0.2, -0.15) is 0 Å².